The molecule has 0 saturated heterocycles. The van der Waals surface area contributed by atoms with Crippen molar-refractivity contribution < 1.29 is 20.8 Å². The van der Waals surface area contributed by atoms with Gasteiger partial charge in [-0.25, -0.2) is 0 Å². The fraction of sp³-hybridized carbons (Fsp3) is 0.0714. The summed E-state index contributed by atoms with van der Waals surface area (Å²) in [5.74, 6) is 0. The third-order valence-corrected chi connectivity index (χ3v) is 8.30. The van der Waals surface area contributed by atoms with Gasteiger partial charge >= 0.3 is 37.9 Å². The summed E-state index contributed by atoms with van der Waals surface area (Å²) in [6.07, 6.45) is 0. The van der Waals surface area contributed by atoms with Gasteiger partial charge in [-0.2, -0.15) is 22.7 Å². The number of benzene rings is 2. The van der Waals surface area contributed by atoms with E-state index >= 15 is 0 Å². The van der Waals surface area contributed by atoms with Crippen LogP contribution < -0.4 is 0 Å². The number of hydrogen-bond donors (Lipinski definition) is 0. The molecule has 2 radical (unpaired) electrons. The predicted octanol–water partition coefficient (Wildman–Crippen LogP) is 12.3. The quantitative estimate of drug-likeness (QED) is 0.121. The van der Waals surface area contributed by atoms with E-state index in [-0.39, 0.29) is 0 Å². The van der Waals surface area contributed by atoms with Crippen molar-refractivity contribution in [3.8, 4) is 20.9 Å². The topological polar surface area (TPSA) is 0 Å². The second-order valence-corrected chi connectivity index (χ2v) is 17.2. The van der Waals surface area contributed by atoms with Crippen LogP contribution in [0.3, 0.4) is 0 Å². The molecule has 0 amide bonds. The number of fused-ring (bicyclic) bond motifs is 2. The first-order valence-electron chi connectivity index (χ1n) is 10.9. The molecule has 0 aliphatic heterocycles. The fourth-order valence-corrected chi connectivity index (χ4v) is 6.27. The van der Waals surface area contributed by atoms with E-state index in [9.17, 15) is 0 Å². The molecular weight excluding hydrogens is 750 g/mol. The molecule has 8 heteroatoms. The molecular formula is C28H22Br2Cl2S2SiZr. The Labute approximate surface area is 259 Å². The van der Waals surface area contributed by atoms with E-state index in [2.05, 4.69) is 142 Å². The minimum atomic E-state index is -0.826. The number of halogens is 4. The summed E-state index contributed by atoms with van der Waals surface area (Å²) in [5.41, 5.74) is 2.62. The third-order valence-electron chi connectivity index (χ3n) is 4.95. The molecule has 0 unspecified atom stereocenters. The van der Waals surface area contributed by atoms with E-state index in [0.717, 1.165) is 9.52 Å². The normalized spacial score (nSPS) is 9.94. The molecule has 6 rings (SSSR count). The standard InChI is InChI=1S/2C13H8BrS.C2H6Si.2ClH.Zr/c2*14-13-6-5-12(15-13)11-7-9-3-1-2-4-10(9)8-11;1-3-2;;;/h2*1-8H;1-2H3;2*1H;/q2*-1;;;;+4/p-2. The summed E-state index contributed by atoms with van der Waals surface area (Å²) in [5, 5.41) is 5.27. The van der Waals surface area contributed by atoms with Crippen LogP contribution >= 0.6 is 71.6 Å². The van der Waals surface area contributed by atoms with Crippen molar-refractivity contribution in [2.75, 3.05) is 0 Å². The van der Waals surface area contributed by atoms with Crippen molar-refractivity contribution in [3.05, 3.63) is 105 Å². The molecule has 0 aliphatic carbocycles. The molecule has 36 heavy (non-hydrogen) atoms. The zero-order valence-electron chi connectivity index (χ0n) is 19.6. The van der Waals surface area contributed by atoms with Crippen LogP contribution in [0.15, 0.2) is 105 Å². The van der Waals surface area contributed by atoms with E-state index in [4.69, 9.17) is 17.0 Å². The van der Waals surface area contributed by atoms with Gasteiger partial charge in [0.25, 0.3) is 0 Å². The Morgan fingerprint density at radius 1 is 0.667 bits per heavy atom. The van der Waals surface area contributed by atoms with Crippen LogP contribution in [0, 0.1) is 0 Å². The molecule has 2 heterocycles. The summed E-state index contributed by atoms with van der Waals surface area (Å²) in [7, 11) is 11.0. The summed E-state index contributed by atoms with van der Waals surface area (Å²) in [6.45, 7) is 4.31. The maximum atomic E-state index is 4.93. The molecule has 0 fully saturated rings. The van der Waals surface area contributed by atoms with Crippen molar-refractivity contribution in [1.29, 1.82) is 0 Å². The Morgan fingerprint density at radius 2 is 1.03 bits per heavy atom. The van der Waals surface area contributed by atoms with Crippen LogP contribution in [0.4, 0.5) is 0 Å². The average Bonchev–Trinajstić information content (AvgIpc) is 3.65. The fourth-order valence-electron chi connectivity index (χ4n) is 3.52. The summed E-state index contributed by atoms with van der Waals surface area (Å²) >= 11 is 9.70. The Morgan fingerprint density at radius 3 is 1.33 bits per heavy atom. The monoisotopic (exact) mass is 768 g/mol. The van der Waals surface area contributed by atoms with Gasteiger partial charge in [0.2, 0.25) is 0 Å². The summed E-state index contributed by atoms with van der Waals surface area (Å²) < 4.78 is 2.37. The molecule has 0 saturated carbocycles. The minimum absolute atomic E-state index is 0.826. The van der Waals surface area contributed by atoms with Crippen molar-refractivity contribution >= 4 is 103 Å². The second-order valence-electron chi connectivity index (χ2n) is 7.52. The van der Waals surface area contributed by atoms with Crippen LogP contribution in [0.5, 0.6) is 0 Å². The molecule has 0 spiro atoms. The molecule has 0 aliphatic rings. The SMILES string of the molecule is Brc1ccc(-c2cc3ccccc3[cH-]2)s1.Brc1ccc(-c2cc3ccccc3[cH-]2)s1.C[Si]C.[Cl][Zr+2][Cl]. The van der Waals surface area contributed by atoms with Crippen molar-refractivity contribution in [2.24, 2.45) is 0 Å². The number of hydrogen-bond acceptors (Lipinski definition) is 2. The van der Waals surface area contributed by atoms with Gasteiger partial charge in [-0.15, -0.1) is 69.1 Å². The van der Waals surface area contributed by atoms with Gasteiger partial charge in [0.1, 0.15) is 0 Å². The van der Waals surface area contributed by atoms with Gasteiger partial charge in [-0.3, -0.25) is 0 Å². The summed E-state index contributed by atoms with van der Waals surface area (Å²) in [4.78, 5) is 2.64. The Balaban J connectivity index is 0.000000165. The Hall–Kier alpha value is -0.300. The summed E-state index contributed by atoms with van der Waals surface area (Å²) in [6, 6.07) is 34.4. The van der Waals surface area contributed by atoms with Crippen LogP contribution in [-0.2, 0) is 20.8 Å². The molecule has 2 aromatic heterocycles. The van der Waals surface area contributed by atoms with E-state index < -0.39 is 20.8 Å². The van der Waals surface area contributed by atoms with Crippen LogP contribution in [0.2, 0.25) is 13.1 Å². The average molecular weight is 773 g/mol. The van der Waals surface area contributed by atoms with Gasteiger partial charge in [0.05, 0.1) is 7.57 Å². The Kier molecular flexibility index (Phi) is 13.4. The molecule has 4 aromatic carbocycles. The maximum absolute atomic E-state index is 4.93. The van der Waals surface area contributed by atoms with Crippen molar-refractivity contribution in [2.45, 2.75) is 13.1 Å². The van der Waals surface area contributed by atoms with E-state index in [1.165, 1.54) is 50.0 Å². The van der Waals surface area contributed by atoms with Gasteiger partial charge in [0.15, 0.2) is 0 Å². The second kappa shape index (κ2) is 16.0. The molecule has 0 atom stereocenters. The van der Waals surface area contributed by atoms with Gasteiger partial charge in [-0.1, -0.05) is 61.6 Å². The zero-order chi connectivity index (χ0) is 25.9. The van der Waals surface area contributed by atoms with E-state index in [1.54, 1.807) is 22.7 Å². The first-order valence-corrected chi connectivity index (χ1v) is 22.4. The molecule has 0 nitrogen and oxygen atoms in total. The zero-order valence-corrected chi connectivity index (χ0v) is 29.3. The molecule has 0 N–H and O–H groups in total. The molecule has 182 valence electrons. The number of rotatable bonds is 2. The number of thiophene rings is 2. The van der Waals surface area contributed by atoms with Gasteiger partial charge in [0, 0.05) is 9.52 Å². The first kappa shape index (κ1) is 30.2. The van der Waals surface area contributed by atoms with Crippen molar-refractivity contribution in [1.82, 2.24) is 0 Å². The molecule has 0 bridgehead atoms. The Bertz CT molecular complexity index is 1310. The van der Waals surface area contributed by atoms with Crippen LogP contribution in [0.25, 0.3) is 42.4 Å². The van der Waals surface area contributed by atoms with Gasteiger partial charge < -0.3 is 0 Å². The van der Waals surface area contributed by atoms with E-state index in [0.29, 0.717) is 0 Å². The van der Waals surface area contributed by atoms with E-state index in [1.807, 2.05) is 0 Å². The van der Waals surface area contributed by atoms with Gasteiger partial charge in [-0.05, 0) is 53.7 Å². The van der Waals surface area contributed by atoms with Crippen LogP contribution in [0.1, 0.15) is 0 Å². The predicted molar refractivity (Wildman–Crippen MR) is 170 cm³/mol. The van der Waals surface area contributed by atoms with Crippen LogP contribution in [-0.4, -0.2) is 9.52 Å². The molecule has 6 aromatic rings. The van der Waals surface area contributed by atoms with Crippen molar-refractivity contribution in [3.63, 3.8) is 0 Å². The third kappa shape index (κ3) is 8.88. The first-order chi connectivity index (χ1) is 17.5.